The lowest BCUT2D eigenvalue weighted by molar-refractivity contribution is -0.212. The van der Waals surface area contributed by atoms with Gasteiger partial charge in [-0.3, -0.25) is 0 Å². The summed E-state index contributed by atoms with van der Waals surface area (Å²) in [6.07, 6.45) is 5.88. The van der Waals surface area contributed by atoms with Crippen LogP contribution < -0.4 is 0 Å². The number of aryl methyl sites for hydroxylation is 1. The van der Waals surface area contributed by atoms with Crippen LogP contribution in [0.5, 0.6) is 5.75 Å². The van der Waals surface area contributed by atoms with Crippen molar-refractivity contribution >= 4 is 0 Å². The molecule has 134 valence electrons. The fraction of sp³-hybridized carbons (Fsp3) is 0.714. The van der Waals surface area contributed by atoms with Gasteiger partial charge in [-0.05, 0) is 41.0 Å². The Morgan fingerprint density at radius 2 is 1.67 bits per heavy atom. The molecule has 1 N–H and O–H groups in total. The van der Waals surface area contributed by atoms with Gasteiger partial charge in [0.2, 0.25) is 0 Å². The summed E-state index contributed by atoms with van der Waals surface area (Å²) in [6, 6.07) is 4.11. The molecule has 0 atom stereocenters. The van der Waals surface area contributed by atoms with Crippen LogP contribution in [0, 0.1) is 11.8 Å². The highest BCUT2D eigenvalue weighted by atomic mass is 16.7. The summed E-state index contributed by atoms with van der Waals surface area (Å²) >= 11 is 0. The van der Waals surface area contributed by atoms with Crippen LogP contribution in [0.15, 0.2) is 12.1 Å². The van der Waals surface area contributed by atoms with Crippen molar-refractivity contribution in [1.82, 2.24) is 0 Å². The largest absolute Gasteiger partial charge is 0.507 e. The van der Waals surface area contributed by atoms with Gasteiger partial charge in [-0.2, -0.15) is 0 Å². The smallest absolute Gasteiger partial charge is 0.183 e. The van der Waals surface area contributed by atoms with Crippen LogP contribution in [0.3, 0.4) is 0 Å². The zero-order chi connectivity index (χ0) is 17.3. The van der Waals surface area contributed by atoms with Crippen LogP contribution in [-0.4, -0.2) is 18.3 Å². The third kappa shape index (κ3) is 3.62. The Bertz CT molecular complexity index is 559. The molecule has 1 aromatic rings. The predicted octanol–water partition coefficient (Wildman–Crippen LogP) is 5.10. The number of phenolic OH excluding ortho intramolecular Hbond substituents is 1. The quantitative estimate of drug-likeness (QED) is 0.836. The molecule has 3 rings (SSSR count). The standard InChI is InChI=1S/C21H32O3/c1-5-14-10-16(11-18(19(14)22)21(2,3)4)20-23-12-17(13-24-20)15-8-6-7-9-15/h10-11,15,17,20,22H,5-9,12-13H2,1-4H3. The van der Waals surface area contributed by atoms with Crippen molar-refractivity contribution in [2.24, 2.45) is 11.8 Å². The van der Waals surface area contributed by atoms with Crippen molar-refractivity contribution in [3.8, 4) is 5.75 Å². The first-order valence-corrected chi connectivity index (χ1v) is 9.49. The number of benzene rings is 1. The molecule has 1 saturated carbocycles. The molecule has 2 aliphatic rings. The topological polar surface area (TPSA) is 38.7 Å². The summed E-state index contributed by atoms with van der Waals surface area (Å²) in [6.45, 7) is 10.0. The highest BCUT2D eigenvalue weighted by Crippen LogP contribution is 2.40. The maximum absolute atomic E-state index is 10.6. The molecule has 1 aliphatic carbocycles. The van der Waals surface area contributed by atoms with Crippen LogP contribution in [0.1, 0.15) is 76.4 Å². The van der Waals surface area contributed by atoms with E-state index in [1.54, 1.807) is 0 Å². The minimum atomic E-state index is -0.297. The first-order valence-electron chi connectivity index (χ1n) is 9.49. The fourth-order valence-electron chi connectivity index (χ4n) is 4.11. The molecule has 1 heterocycles. The number of hydrogen-bond donors (Lipinski definition) is 1. The van der Waals surface area contributed by atoms with Crippen LogP contribution in [0.25, 0.3) is 0 Å². The van der Waals surface area contributed by atoms with E-state index in [4.69, 9.17) is 9.47 Å². The molecule has 24 heavy (non-hydrogen) atoms. The van der Waals surface area contributed by atoms with Crippen molar-refractivity contribution in [3.63, 3.8) is 0 Å². The van der Waals surface area contributed by atoms with E-state index in [-0.39, 0.29) is 11.7 Å². The number of rotatable bonds is 3. The average Bonchev–Trinajstić information content (AvgIpc) is 3.08. The molecule has 2 fully saturated rings. The second kappa shape index (κ2) is 7.05. The van der Waals surface area contributed by atoms with Crippen molar-refractivity contribution in [2.75, 3.05) is 13.2 Å². The van der Waals surface area contributed by atoms with Crippen molar-refractivity contribution in [1.29, 1.82) is 0 Å². The van der Waals surface area contributed by atoms with Crippen molar-refractivity contribution < 1.29 is 14.6 Å². The van der Waals surface area contributed by atoms with E-state index in [1.165, 1.54) is 25.7 Å². The monoisotopic (exact) mass is 332 g/mol. The lowest BCUT2D eigenvalue weighted by atomic mass is 9.83. The number of ether oxygens (including phenoxy) is 2. The van der Waals surface area contributed by atoms with Crippen LogP contribution in [0.2, 0.25) is 0 Å². The minimum Gasteiger partial charge on any atom is -0.507 e. The second-order valence-corrected chi connectivity index (χ2v) is 8.48. The van der Waals surface area contributed by atoms with E-state index < -0.39 is 0 Å². The summed E-state index contributed by atoms with van der Waals surface area (Å²) < 4.78 is 12.2. The molecule has 0 unspecified atom stereocenters. The average molecular weight is 332 g/mol. The molecule has 3 heteroatoms. The zero-order valence-corrected chi connectivity index (χ0v) is 15.6. The van der Waals surface area contributed by atoms with Gasteiger partial charge >= 0.3 is 0 Å². The summed E-state index contributed by atoms with van der Waals surface area (Å²) in [4.78, 5) is 0. The Morgan fingerprint density at radius 3 is 2.21 bits per heavy atom. The summed E-state index contributed by atoms with van der Waals surface area (Å²) in [7, 11) is 0. The first-order chi connectivity index (χ1) is 11.4. The van der Waals surface area contributed by atoms with Crippen molar-refractivity contribution in [3.05, 3.63) is 28.8 Å². The van der Waals surface area contributed by atoms with E-state index >= 15 is 0 Å². The lowest BCUT2D eigenvalue weighted by Crippen LogP contribution is -2.31. The molecule has 0 radical (unpaired) electrons. The third-order valence-electron chi connectivity index (χ3n) is 5.66. The van der Waals surface area contributed by atoms with Crippen LogP contribution in [-0.2, 0) is 21.3 Å². The molecular weight excluding hydrogens is 300 g/mol. The summed E-state index contributed by atoms with van der Waals surface area (Å²) in [5.41, 5.74) is 2.88. The Kier molecular flexibility index (Phi) is 5.22. The SMILES string of the molecule is CCc1cc(C2OCC(C3CCCC3)CO2)cc(C(C)(C)C)c1O. The zero-order valence-electron chi connectivity index (χ0n) is 15.6. The van der Waals surface area contributed by atoms with E-state index in [0.717, 1.165) is 42.2 Å². The molecule has 1 aromatic carbocycles. The highest BCUT2D eigenvalue weighted by molar-refractivity contribution is 5.47. The molecular formula is C21H32O3. The van der Waals surface area contributed by atoms with Crippen LogP contribution >= 0.6 is 0 Å². The Morgan fingerprint density at radius 1 is 1.04 bits per heavy atom. The van der Waals surface area contributed by atoms with E-state index in [9.17, 15) is 5.11 Å². The van der Waals surface area contributed by atoms with E-state index in [2.05, 4.69) is 33.8 Å². The number of hydrogen-bond acceptors (Lipinski definition) is 3. The summed E-state index contributed by atoms with van der Waals surface area (Å²) in [5, 5.41) is 10.6. The lowest BCUT2D eigenvalue weighted by Gasteiger charge is -2.33. The molecule has 1 saturated heterocycles. The van der Waals surface area contributed by atoms with Gasteiger partial charge in [0.05, 0.1) is 13.2 Å². The molecule has 3 nitrogen and oxygen atoms in total. The Balaban J connectivity index is 1.77. The number of phenols is 1. The van der Waals surface area contributed by atoms with Gasteiger partial charge in [-0.1, -0.05) is 53.4 Å². The minimum absolute atomic E-state index is 0.106. The van der Waals surface area contributed by atoms with E-state index in [0.29, 0.717) is 11.7 Å². The van der Waals surface area contributed by atoms with Crippen LogP contribution in [0.4, 0.5) is 0 Å². The second-order valence-electron chi connectivity index (χ2n) is 8.48. The van der Waals surface area contributed by atoms with Crippen molar-refractivity contribution in [2.45, 2.75) is 71.5 Å². The summed E-state index contributed by atoms with van der Waals surface area (Å²) in [5.74, 6) is 1.75. The molecule has 0 amide bonds. The first kappa shape index (κ1) is 17.8. The van der Waals surface area contributed by atoms with Gasteiger partial charge in [-0.25, -0.2) is 0 Å². The maximum Gasteiger partial charge on any atom is 0.183 e. The number of aromatic hydroxyl groups is 1. The normalized spacial score (nSPS) is 26.0. The highest BCUT2D eigenvalue weighted by Gasteiger charge is 2.32. The van der Waals surface area contributed by atoms with E-state index in [1.807, 2.05) is 6.07 Å². The van der Waals surface area contributed by atoms with Gasteiger partial charge < -0.3 is 14.6 Å². The predicted molar refractivity (Wildman–Crippen MR) is 96.3 cm³/mol. The van der Waals surface area contributed by atoms with Gasteiger partial charge in [0.15, 0.2) is 6.29 Å². The van der Waals surface area contributed by atoms with Gasteiger partial charge in [-0.15, -0.1) is 0 Å². The molecule has 0 spiro atoms. The molecule has 1 aliphatic heterocycles. The van der Waals surface area contributed by atoms with Gasteiger partial charge in [0.25, 0.3) is 0 Å². The Hall–Kier alpha value is -1.06. The molecule has 0 aromatic heterocycles. The maximum atomic E-state index is 10.6. The fourth-order valence-corrected chi connectivity index (χ4v) is 4.11. The van der Waals surface area contributed by atoms with Gasteiger partial charge in [0, 0.05) is 11.5 Å². The third-order valence-corrected chi connectivity index (χ3v) is 5.66. The Labute approximate surface area is 146 Å². The van der Waals surface area contributed by atoms with Gasteiger partial charge in [0.1, 0.15) is 5.75 Å². The molecule has 0 bridgehead atoms.